The van der Waals surface area contributed by atoms with Gasteiger partial charge in [0.1, 0.15) is 24.6 Å². The van der Waals surface area contributed by atoms with E-state index in [1.165, 1.54) is 13.4 Å². The number of nitrogen functional groups attached to an aromatic ring is 1. The van der Waals surface area contributed by atoms with E-state index in [0.717, 1.165) is 5.69 Å². The van der Waals surface area contributed by atoms with Gasteiger partial charge >= 0.3 is 5.97 Å². The number of carbonyl (C=O) groups is 1. The molecule has 2 atom stereocenters. The molecule has 0 fully saturated rings. The summed E-state index contributed by atoms with van der Waals surface area (Å²) in [7, 11) is 1.47. The molecule has 2 rings (SSSR count). The third-order valence-electron chi connectivity index (χ3n) is 3.57. The van der Waals surface area contributed by atoms with Crippen molar-refractivity contribution in [2.24, 2.45) is 5.92 Å². The van der Waals surface area contributed by atoms with E-state index in [1.54, 1.807) is 24.4 Å². The molecule has 2 heterocycles. The third-order valence-corrected chi connectivity index (χ3v) is 3.57. The van der Waals surface area contributed by atoms with Gasteiger partial charge < -0.3 is 20.3 Å². The first-order valence-electron chi connectivity index (χ1n) is 7.38. The van der Waals surface area contributed by atoms with Crippen LogP contribution in [0.1, 0.15) is 19.5 Å². The van der Waals surface area contributed by atoms with Crippen molar-refractivity contribution in [2.75, 3.05) is 19.5 Å². The average Bonchev–Trinajstić information content (AvgIpc) is 2.92. The molecule has 2 aromatic rings. The summed E-state index contributed by atoms with van der Waals surface area (Å²) in [6.45, 7) is 3.49. The van der Waals surface area contributed by atoms with Crippen LogP contribution in [-0.4, -0.2) is 51.6 Å². The van der Waals surface area contributed by atoms with Crippen LogP contribution in [0.15, 0.2) is 18.5 Å². The van der Waals surface area contributed by atoms with Gasteiger partial charge in [-0.15, -0.1) is 0 Å². The molecule has 0 saturated carbocycles. The summed E-state index contributed by atoms with van der Waals surface area (Å²) in [6, 6.07) is 3.61. The zero-order chi connectivity index (χ0) is 17.0. The number of carbonyl (C=O) groups excluding carboxylic acids is 1. The van der Waals surface area contributed by atoms with Crippen LogP contribution in [0.5, 0.6) is 0 Å². The number of hydrogen-bond donors (Lipinski definition) is 2. The number of aliphatic hydroxyl groups excluding tert-OH is 1. The van der Waals surface area contributed by atoms with E-state index in [4.69, 9.17) is 15.2 Å². The molecule has 0 radical (unpaired) electrons. The normalized spacial score (nSPS) is 14.1. The monoisotopic (exact) mass is 322 g/mol. The second kappa shape index (κ2) is 7.38. The quantitative estimate of drug-likeness (QED) is 0.711. The topological polar surface area (TPSA) is 112 Å². The Bertz CT molecular complexity index is 671. The van der Waals surface area contributed by atoms with E-state index >= 15 is 0 Å². The van der Waals surface area contributed by atoms with Crippen molar-refractivity contribution in [3.63, 3.8) is 0 Å². The Hall–Kier alpha value is -2.19. The molecular formula is C15H22N4O4. The highest BCUT2D eigenvalue weighted by Gasteiger charge is 2.23. The van der Waals surface area contributed by atoms with Gasteiger partial charge in [0.2, 0.25) is 0 Å². The van der Waals surface area contributed by atoms with Crippen molar-refractivity contribution >= 4 is 17.3 Å². The van der Waals surface area contributed by atoms with Gasteiger partial charge in [-0.3, -0.25) is 4.79 Å². The molecule has 8 heteroatoms. The molecule has 0 amide bonds. The van der Waals surface area contributed by atoms with Crippen molar-refractivity contribution in [2.45, 2.75) is 32.5 Å². The number of hydrogen-bond acceptors (Lipinski definition) is 7. The van der Waals surface area contributed by atoms with Gasteiger partial charge in [-0.05, 0) is 12.1 Å². The zero-order valence-electron chi connectivity index (χ0n) is 13.5. The number of methoxy groups -OCH3 is 1. The lowest BCUT2D eigenvalue weighted by Gasteiger charge is -2.21. The van der Waals surface area contributed by atoms with Crippen molar-refractivity contribution < 1.29 is 19.4 Å². The minimum atomic E-state index is -0.853. The number of rotatable bonds is 7. The number of nitrogens with two attached hydrogens (primary N) is 1. The number of aliphatic hydroxyl groups is 1. The van der Waals surface area contributed by atoms with Crippen LogP contribution < -0.4 is 5.73 Å². The predicted octanol–water partition coefficient (Wildman–Crippen LogP) is 0.429. The van der Waals surface area contributed by atoms with E-state index in [0.29, 0.717) is 11.3 Å². The molecule has 23 heavy (non-hydrogen) atoms. The SMILES string of the molecule is COC(COC(=O)C(C)C)[C@@H](O)Cc1ccc2c(N)ncnn12. The molecule has 0 aliphatic rings. The molecule has 126 valence electrons. The summed E-state index contributed by atoms with van der Waals surface area (Å²) < 4.78 is 12.0. The van der Waals surface area contributed by atoms with Crippen LogP contribution in [0, 0.1) is 5.92 Å². The number of fused-ring (bicyclic) bond motifs is 1. The lowest BCUT2D eigenvalue weighted by molar-refractivity contribution is -0.153. The molecule has 0 bridgehead atoms. The first-order valence-corrected chi connectivity index (χ1v) is 7.38. The number of esters is 1. The predicted molar refractivity (Wildman–Crippen MR) is 83.7 cm³/mol. The average molecular weight is 322 g/mol. The lowest BCUT2D eigenvalue weighted by Crippen LogP contribution is -2.35. The molecule has 0 aliphatic carbocycles. The molecule has 0 saturated heterocycles. The first kappa shape index (κ1) is 17.2. The van der Waals surface area contributed by atoms with Crippen LogP contribution in [0.4, 0.5) is 5.82 Å². The summed E-state index contributed by atoms with van der Waals surface area (Å²) in [5.74, 6) is -0.179. The Morgan fingerprint density at radius 2 is 2.17 bits per heavy atom. The van der Waals surface area contributed by atoms with E-state index in [-0.39, 0.29) is 24.9 Å². The summed E-state index contributed by atoms with van der Waals surface area (Å²) >= 11 is 0. The minimum Gasteiger partial charge on any atom is -0.463 e. The smallest absolute Gasteiger partial charge is 0.308 e. The number of anilines is 1. The van der Waals surface area contributed by atoms with Gasteiger partial charge in [0, 0.05) is 19.2 Å². The number of nitrogens with zero attached hydrogens (tertiary/aromatic N) is 3. The van der Waals surface area contributed by atoms with E-state index in [9.17, 15) is 9.90 Å². The van der Waals surface area contributed by atoms with Crippen molar-refractivity contribution in [3.05, 3.63) is 24.2 Å². The van der Waals surface area contributed by atoms with Gasteiger partial charge in [0.25, 0.3) is 0 Å². The van der Waals surface area contributed by atoms with Crippen molar-refractivity contribution in [1.29, 1.82) is 0 Å². The van der Waals surface area contributed by atoms with Crippen LogP contribution in [0.3, 0.4) is 0 Å². The Morgan fingerprint density at radius 1 is 1.43 bits per heavy atom. The van der Waals surface area contributed by atoms with Crippen molar-refractivity contribution in [3.8, 4) is 0 Å². The molecule has 3 N–H and O–H groups in total. The highest BCUT2D eigenvalue weighted by molar-refractivity contribution is 5.71. The van der Waals surface area contributed by atoms with Gasteiger partial charge in [-0.2, -0.15) is 5.10 Å². The van der Waals surface area contributed by atoms with Crippen LogP contribution in [0.25, 0.3) is 5.52 Å². The highest BCUT2D eigenvalue weighted by Crippen LogP contribution is 2.16. The molecule has 0 aromatic carbocycles. The Balaban J connectivity index is 2.05. The lowest BCUT2D eigenvalue weighted by atomic mass is 10.1. The van der Waals surface area contributed by atoms with E-state index < -0.39 is 12.2 Å². The third kappa shape index (κ3) is 3.96. The fourth-order valence-electron chi connectivity index (χ4n) is 2.17. The summed E-state index contributed by atoms with van der Waals surface area (Å²) in [4.78, 5) is 15.4. The standard InChI is InChI=1S/C15H22N4O4/c1-9(2)15(21)23-7-13(22-3)12(20)6-10-4-5-11-14(16)17-8-18-19(10)11/h4-5,8-9,12-13,20H,6-7H2,1-3H3,(H2,16,17,18)/t12-,13?/m0/s1. The highest BCUT2D eigenvalue weighted by atomic mass is 16.6. The fraction of sp³-hybridized carbons (Fsp3) is 0.533. The van der Waals surface area contributed by atoms with E-state index in [2.05, 4.69) is 10.1 Å². The van der Waals surface area contributed by atoms with Crippen molar-refractivity contribution in [1.82, 2.24) is 14.6 Å². The summed E-state index contributed by atoms with van der Waals surface area (Å²) in [6.07, 6.45) is 0.162. The maximum Gasteiger partial charge on any atom is 0.308 e. The van der Waals surface area contributed by atoms with E-state index in [1.807, 2.05) is 6.07 Å². The number of ether oxygens (including phenoxy) is 2. The Morgan fingerprint density at radius 3 is 2.83 bits per heavy atom. The first-order chi connectivity index (χ1) is 10.9. The minimum absolute atomic E-state index is 0.00485. The van der Waals surface area contributed by atoms with Crippen LogP contribution in [-0.2, 0) is 20.7 Å². The number of aromatic nitrogens is 3. The maximum absolute atomic E-state index is 11.5. The molecular weight excluding hydrogens is 300 g/mol. The molecule has 0 spiro atoms. The molecule has 2 aromatic heterocycles. The summed E-state index contributed by atoms with van der Waals surface area (Å²) in [5, 5.41) is 14.5. The van der Waals surface area contributed by atoms with Crippen LogP contribution in [0.2, 0.25) is 0 Å². The Kier molecular flexibility index (Phi) is 5.51. The van der Waals surface area contributed by atoms with Gasteiger partial charge in [-0.1, -0.05) is 13.8 Å². The van der Waals surface area contributed by atoms with Gasteiger partial charge in [0.15, 0.2) is 5.82 Å². The second-order valence-electron chi connectivity index (χ2n) is 5.60. The maximum atomic E-state index is 11.5. The molecule has 0 aliphatic heterocycles. The second-order valence-corrected chi connectivity index (χ2v) is 5.60. The fourth-order valence-corrected chi connectivity index (χ4v) is 2.17. The van der Waals surface area contributed by atoms with Gasteiger partial charge in [-0.25, -0.2) is 9.50 Å². The molecule has 1 unspecified atom stereocenters. The Labute approximate surface area is 134 Å². The molecule has 8 nitrogen and oxygen atoms in total. The zero-order valence-corrected chi connectivity index (χ0v) is 13.5. The summed E-state index contributed by atoms with van der Waals surface area (Å²) in [5.41, 5.74) is 7.22. The van der Waals surface area contributed by atoms with Gasteiger partial charge in [0.05, 0.1) is 12.0 Å². The largest absolute Gasteiger partial charge is 0.463 e. The van der Waals surface area contributed by atoms with Crippen LogP contribution >= 0.6 is 0 Å².